The zero-order valence-corrected chi connectivity index (χ0v) is 12.1. The van der Waals surface area contributed by atoms with Crippen molar-refractivity contribution in [3.8, 4) is 0 Å². The lowest BCUT2D eigenvalue weighted by Crippen LogP contribution is -2.41. The first-order valence-corrected chi connectivity index (χ1v) is 8.21. The summed E-state index contributed by atoms with van der Waals surface area (Å²) in [6, 6.07) is 0. The summed E-state index contributed by atoms with van der Waals surface area (Å²) >= 11 is 4.44. The number of halogens is 3. The highest BCUT2D eigenvalue weighted by molar-refractivity contribution is 7.80. The highest BCUT2D eigenvalue weighted by Crippen LogP contribution is 2.58. The number of alkyl halides is 3. The van der Waals surface area contributed by atoms with Gasteiger partial charge in [-0.05, 0) is 56.8 Å². The molecule has 0 N–H and O–H groups in total. The van der Waals surface area contributed by atoms with Crippen LogP contribution in [-0.4, -0.2) is 17.3 Å². The molecule has 3 aliphatic carbocycles. The molecule has 0 heterocycles. The molecule has 4 heteroatoms. The lowest BCUT2D eigenvalue weighted by molar-refractivity contribution is -0.127. The SMILES string of the molecule is FC1CCCC2CC(C3CCC(S)CC3)C(F)(F)C12. The van der Waals surface area contributed by atoms with Crippen molar-refractivity contribution in [2.75, 3.05) is 0 Å². The van der Waals surface area contributed by atoms with Gasteiger partial charge in [-0.15, -0.1) is 0 Å². The summed E-state index contributed by atoms with van der Waals surface area (Å²) in [6.07, 6.45) is 4.79. The zero-order chi connectivity index (χ0) is 13.6. The summed E-state index contributed by atoms with van der Waals surface area (Å²) in [5.41, 5.74) is 0. The van der Waals surface area contributed by atoms with Gasteiger partial charge < -0.3 is 0 Å². The molecule has 3 saturated carbocycles. The fraction of sp³-hybridized carbons (Fsp3) is 1.00. The van der Waals surface area contributed by atoms with Crippen molar-refractivity contribution >= 4 is 12.6 Å². The number of thiol groups is 1. The molecule has 0 saturated heterocycles. The molecule has 3 aliphatic rings. The molecule has 0 nitrogen and oxygen atoms in total. The summed E-state index contributed by atoms with van der Waals surface area (Å²) in [5.74, 6) is -4.31. The summed E-state index contributed by atoms with van der Waals surface area (Å²) in [7, 11) is 0. The first-order chi connectivity index (χ1) is 9.00. The number of hydrogen-bond donors (Lipinski definition) is 1. The first-order valence-electron chi connectivity index (χ1n) is 7.70. The smallest absolute Gasteiger partial charge is 0.247 e. The van der Waals surface area contributed by atoms with Crippen LogP contribution in [0.5, 0.6) is 0 Å². The van der Waals surface area contributed by atoms with Crippen molar-refractivity contribution in [3.63, 3.8) is 0 Å². The van der Waals surface area contributed by atoms with E-state index in [0.717, 1.165) is 38.5 Å². The summed E-state index contributed by atoms with van der Waals surface area (Å²) < 4.78 is 43.2. The molecule has 0 aliphatic heterocycles. The molecule has 0 spiro atoms. The summed E-state index contributed by atoms with van der Waals surface area (Å²) in [4.78, 5) is 0. The van der Waals surface area contributed by atoms with Gasteiger partial charge in [-0.3, -0.25) is 0 Å². The molecule has 0 amide bonds. The predicted octanol–water partition coefficient (Wildman–Crippen LogP) is 4.88. The first kappa shape index (κ1) is 14.1. The quantitative estimate of drug-likeness (QED) is 0.654. The van der Waals surface area contributed by atoms with Crippen molar-refractivity contribution in [1.82, 2.24) is 0 Å². The van der Waals surface area contributed by atoms with Crippen LogP contribution in [0.1, 0.15) is 51.4 Å². The standard InChI is InChI=1S/C15H23F3S/c16-13-3-1-2-10-8-12(15(17,18)14(10)13)9-4-6-11(19)7-5-9/h9-14,19H,1-8H2. The highest BCUT2D eigenvalue weighted by atomic mass is 32.1. The molecular weight excluding hydrogens is 269 g/mol. The van der Waals surface area contributed by atoms with Gasteiger partial charge in [0.2, 0.25) is 0 Å². The van der Waals surface area contributed by atoms with Gasteiger partial charge in [0.15, 0.2) is 0 Å². The van der Waals surface area contributed by atoms with Crippen molar-refractivity contribution in [3.05, 3.63) is 0 Å². The predicted molar refractivity (Wildman–Crippen MR) is 73.5 cm³/mol. The molecule has 4 unspecified atom stereocenters. The molecule has 3 fully saturated rings. The molecule has 0 radical (unpaired) electrons. The average molecular weight is 292 g/mol. The van der Waals surface area contributed by atoms with E-state index in [-0.39, 0.29) is 11.8 Å². The third kappa shape index (κ3) is 2.43. The second-order valence-corrected chi connectivity index (χ2v) is 7.55. The second-order valence-electron chi connectivity index (χ2n) is 6.82. The Labute approximate surface area is 118 Å². The van der Waals surface area contributed by atoms with Crippen LogP contribution in [0.4, 0.5) is 13.2 Å². The Morgan fingerprint density at radius 2 is 1.58 bits per heavy atom. The highest BCUT2D eigenvalue weighted by Gasteiger charge is 2.62. The number of hydrogen-bond acceptors (Lipinski definition) is 1. The Kier molecular flexibility index (Phi) is 3.83. The zero-order valence-electron chi connectivity index (χ0n) is 11.2. The van der Waals surface area contributed by atoms with Gasteiger partial charge in [0.25, 0.3) is 5.92 Å². The van der Waals surface area contributed by atoms with E-state index in [1.165, 1.54) is 0 Å². The molecule has 110 valence electrons. The van der Waals surface area contributed by atoms with Crippen LogP contribution in [0, 0.1) is 23.7 Å². The maximum absolute atomic E-state index is 14.6. The van der Waals surface area contributed by atoms with Gasteiger partial charge in [0.1, 0.15) is 6.17 Å². The van der Waals surface area contributed by atoms with Crippen LogP contribution < -0.4 is 0 Å². The van der Waals surface area contributed by atoms with Gasteiger partial charge in [-0.25, -0.2) is 13.2 Å². The van der Waals surface area contributed by atoms with Crippen molar-refractivity contribution in [2.45, 2.75) is 68.7 Å². The summed E-state index contributed by atoms with van der Waals surface area (Å²) in [6.45, 7) is 0. The van der Waals surface area contributed by atoms with Gasteiger partial charge in [0, 0.05) is 11.2 Å². The third-order valence-corrected chi connectivity index (χ3v) is 6.27. The minimum atomic E-state index is -2.78. The lowest BCUT2D eigenvalue weighted by Gasteiger charge is -2.36. The average Bonchev–Trinajstić information content (AvgIpc) is 2.63. The van der Waals surface area contributed by atoms with E-state index >= 15 is 0 Å². The largest absolute Gasteiger partial charge is 0.256 e. The van der Waals surface area contributed by atoms with Gasteiger partial charge in [-0.1, -0.05) is 6.42 Å². The Morgan fingerprint density at radius 1 is 0.895 bits per heavy atom. The molecular formula is C15H23F3S. The molecule has 19 heavy (non-hydrogen) atoms. The van der Waals surface area contributed by atoms with Crippen LogP contribution >= 0.6 is 12.6 Å². The van der Waals surface area contributed by atoms with Crippen LogP contribution in [0.3, 0.4) is 0 Å². The van der Waals surface area contributed by atoms with Crippen LogP contribution in [0.2, 0.25) is 0 Å². The van der Waals surface area contributed by atoms with E-state index < -0.39 is 23.9 Å². The molecule has 3 rings (SSSR count). The van der Waals surface area contributed by atoms with Gasteiger partial charge in [0.05, 0.1) is 5.92 Å². The fourth-order valence-corrected chi connectivity index (χ4v) is 5.09. The van der Waals surface area contributed by atoms with E-state index in [1.807, 2.05) is 0 Å². The Hall–Kier alpha value is 0.140. The number of rotatable bonds is 1. The van der Waals surface area contributed by atoms with Crippen molar-refractivity contribution in [2.24, 2.45) is 23.7 Å². The second kappa shape index (κ2) is 5.16. The van der Waals surface area contributed by atoms with E-state index in [4.69, 9.17) is 0 Å². The molecule has 4 atom stereocenters. The molecule has 0 bridgehead atoms. The molecule has 0 aromatic rings. The Bertz CT molecular complexity index is 325. The van der Waals surface area contributed by atoms with E-state index in [2.05, 4.69) is 12.6 Å². The molecule has 0 aromatic carbocycles. The minimum Gasteiger partial charge on any atom is -0.247 e. The van der Waals surface area contributed by atoms with E-state index in [0.29, 0.717) is 18.1 Å². The van der Waals surface area contributed by atoms with Gasteiger partial charge in [-0.2, -0.15) is 12.6 Å². The van der Waals surface area contributed by atoms with E-state index in [1.54, 1.807) is 0 Å². The Balaban J connectivity index is 1.76. The van der Waals surface area contributed by atoms with Crippen LogP contribution in [0.25, 0.3) is 0 Å². The molecule has 0 aromatic heterocycles. The third-order valence-electron chi connectivity index (χ3n) is 5.76. The van der Waals surface area contributed by atoms with E-state index in [9.17, 15) is 13.2 Å². The van der Waals surface area contributed by atoms with Gasteiger partial charge >= 0.3 is 0 Å². The minimum absolute atomic E-state index is 0.0718. The fourth-order valence-electron chi connectivity index (χ4n) is 4.79. The normalized spacial score (nSPS) is 49.9. The van der Waals surface area contributed by atoms with Crippen LogP contribution in [0.15, 0.2) is 0 Å². The maximum Gasteiger partial charge on any atom is 0.256 e. The maximum atomic E-state index is 14.6. The monoisotopic (exact) mass is 292 g/mol. The van der Waals surface area contributed by atoms with Crippen LogP contribution in [-0.2, 0) is 0 Å². The van der Waals surface area contributed by atoms with Crippen molar-refractivity contribution in [1.29, 1.82) is 0 Å². The topological polar surface area (TPSA) is 0 Å². The summed E-state index contributed by atoms with van der Waals surface area (Å²) in [5, 5.41) is 0.377. The Morgan fingerprint density at radius 3 is 2.21 bits per heavy atom. The lowest BCUT2D eigenvalue weighted by atomic mass is 9.76. The number of fused-ring (bicyclic) bond motifs is 1. The van der Waals surface area contributed by atoms with Crippen molar-refractivity contribution < 1.29 is 13.2 Å².